The van der Waals surface area contributed by atoms with Crippen LogP contribution in [0.25, 0.3) is 5.57 Å². The van der Waals surface area contributed by atoms with Crippen LogP contribution in [0, 0.1) is 17.1 Å². The third kappa shape index (κ3) is 2.09. The second-order valence-electron chi connectivity index (χ2n) is 6.38. The highest BCUT2D eigenvalue weighted by molar-refractivity contribution is 5.78. The molecule has 0 amide bonds. The van der Waals surface area contributed by atoms with E-state index < -0.39 is 23.8 Å². The molecule has 0 bridgehead atoms. The van der Waals surface area contributed by atoms with Crippen molar-refractivity contribution in [2.24, 2.45) is 0 Å². The van der Waals surface area contributed by atoms with Gasteiger partial charge < -0.3 is 9.84 Å². The topological polar surface area (TPSA) is 53.2 Å². The Morgan fingerprint density at radius 2 is 1.96 bits per heavy atom. The molecular formula is C19H12F3NO2. The summed E-state index contributed by atoms with van der Waals surface area (Å²) >= 11 is 0. The molecule has 4 rings (SSSR count). The third-order valence-corrected chi connectivity index (χ3v) is 4.77. The van der Waals surface area contributed by atoms with Crippen molar-refractivity contribution in [3.63, 3.8) is 0 Å². The van der Waals surface area contributed by atoms with Crippen molar-refractivity contribution in [3.8, 4) is 17.6 Å². The van der Waals surface area contributed by atoms with Gasteiger partial charge in [-0.1, -0.05) is 12.6 Å². The summed E-state index contributed by atoms with van der Waals surface area (Å²) in [6.45, 7) is 3.76. The Hall–Kier alpha value is -2.78. The van der Waals surface area contributed by atoms with Crippen LogP contribution >= 0.6 is 0 Å². The van der Waals surface area contributed by atoms with E-state index in [9.17, 15) is 18.3 Å². The minimum atomic E-state index is -3.34. The molecule has 0 radical (unpaired) electrons. The molecule has 0 spiro atoms. The van der Waals surface area contributed by atoms with E-state index in [0.29, 0.717) is 11.1 Å². The van der Waals surface area contributed by atoms with E-state index in [1.807, 2.05) is 0 Å². The van der Waals surface area contributed by atoms with Gasteiger partial charge in [0.1, 0.15) is 17.3 Å². The zero-order valence-corrected chi connectivity index (χ0v) is 12.9. The number of rotatable bonds is 2. The molecule has 126 valence electrons. The molecule has 0 aliphatic heterocycles. The number of hydrogen-bond donors (Lipinski definition) is 1. The summed E-state index contributed by atoms with van der Waals surface area (Å²) in [5.41, 5.74) is -0.958. The summed E-state index contributed by atoms with van der Waals surface area (Å²) in [4.78, 5) is 0. The quantitative estimate of drug-likeness (QED) is 0.885. The Balaban J connectivity index is 1.84. The molecule has 0 aromatic heterocycles. The molecule has 2 aliphatic rings. The number of ether oxygens (including phenoxy) is 1. The molecular weight excluding hydrogens is 331 g/mol. The molecule has 1 N–H and O–H groups in total. The average Bonchev–Trinajstić information content (AvgIpc) is 2.92. The van der Waals surface area contributed by atoms with Crippen LogP contribution in [0.5, 0.6) is 11.5 Å². The van der Waals surface area contributed by atoms with Crippen molar-refractivity contribution in [1.29, 1.82) is 5.26 Å². The van der Waals surface area contributed by atoms with Crippen LogP contribution in [-0.2, 0) is 12.0 Å². The predicted octanol–water partition coefficient (Wildman–Crippen LogP) is 4.29. The lowest BCUT2D eigenvalue weighted by atomic mass is 9.95. The van der Waals surface area contributed by atoms with E-state index in [-0.39, 0.29) is 34.6 Å². The first-order valence-corrected chi connectivity index (χ1v) is 7.58. The highest BCUT2D eigenvalue weighted by Gasteiger charge is 2.63. The van der Waals surface area contributed by atoms with Gasteiger partial charge in [0.15, 0.2) is 5.60 Å². The summed E-state index contributed by atoms with van der Waals surface area (Å²) < 4.78 is 48.0. The van der Waals surface area contributed by atoms with Gasteiger partial charge in [0.25, 0.3) is 5.92 Å². The maximum absolute atomic E-state index is 14.4. The van der Waals surface area contributed by atoms with Gasteiger partial charge in [0, 0.05) is 30.0 Å². The van der Waals surface area contributed by atoms with Crippen molar-refractivity contribution < 1.29 is 23.0 Å². The summed E-state index contributed by atoms with van der Waals surface area (Å²) in [6.07, 6.45) is -0.903. The molecule has 1 unspecified atom stereocenters. The van der Waals surface area contributed by atoms with Crippen LogP contribution in [0.1, 0.15) is 28.7 Å². The van der Waals surface area contributed by atoms with Crippen molar-refractivity contribution in [2.75, 3.05) is 0 Å². The third-order valence-electron chi connectivity index (χ3n) is 4.77. The van der Waals surface area contributed by atoms with E-state index >= 15 is 0 Å². The number of aliphatic hydroxyl groups is 1. The Bertz CT molecular complexity index is 977. The summed E-state index contributed by atoms with van der Waals surface area (Å²) in [5, 5.41) is 19.5. The van der Waals surface area contributed by atoms with E-state index in [4.69, 9.17) is 10.00 Å². The van der Waals surface area contributed by atoms with Gasteiger partial charge in [0.05, 0.1) is 11.6 Å². The first kappa shape index (κ1) is 15.7. The fourth-order valence-electron chi connectivity index (χ4n) is 3.65. The number of nitriles is 1. The zero-order chi connectivity index (χ0) is 18.0. The van der Waals surface area contributed by atoms with Gasteiger partial charge in [-0.3, -0.25) is 0 Å². The average molecular weight is 343 g/mol. The van der Waals surface area contributed by atoms with Crippen LogP contribution in [0.4, 0.5) is 13.2 Å². The summed E-state index contributed by atoms with van der Waals surface area (Å²) in [5.74, 6) is -3.87. The Labute approximate surface area is 141 Å². The van der Waals surface area contributed by atoms with Crippen molar-refractivity contribution in [2.45, 2.75) is 24.4 Å². The van der Waals surface area contributed by atoms with E-state index in [1.54, 1.807) is 12.1 Å². The molecule has 2 aromatic carbocycles. The minimum absolute atomic E-state index is 0.0309. The second kappa shape index (κ2) is 4.87. The molecule has 1 atom stereocenters. The van der Waals surface area contributed by atoms with Crippen LogP contribution in [0.2, 0.25) is 0 Å². The first-order chi connectivity index (χ1) is 11.7. The lowest BCUT2D eigenvalue weighted by Crippen LogP contribution is -2.40. The van der Waals surface area contributed by atoms with Crippen LogP contribution in [-0.4, -0.2) is 11.0 Å². The van der Waals surface area contributed by atoms with Crippen LogP contribution in [0.15, 0.2) is 36.9 Å². The lowest BCUT2D eigenvalue weighted by molar-refractivity contribution is -0.169. The van der Waals surface area contributed by atoms with Crippen molar-refractivity contribution >= 4 is 5.57 Å². The SMILES string of the molecule is C=C1CC2(O)c3c1ccc(Oc1cc(F)cc(C#N)c1)c3CC2(F)F. The minimum Gasteiger partial charge on any atom is -0.457 e. The predicted molar refractivity (Wildman–Crippen MR) is 83.8 cm³/mol. The first-order valence-electron chi connectivity index (χ1n) is 7.58. The van der Waals surface area contributed by atoms with Crippen molar-refractivity contribution in [3.05, 3.63) is 65.0 Å². The number of benzene rings is 2. The highest BCUT2D eigenvalue weighted by atomic mass is 19.3. The molecule has 0 fully saturated rings. The lowest BCUT2D eigenvalue weighted by Gasteiger charge is -2.26. The monoisotopic (exact) mass is 343 g/mol. The van der Waals surface area contributed by atoms with Gasteiger partial charge in [-0.05, 0) is 29.3 Å². The number of hydrogen-bond acceptors (Lipinski definition) is 3. The summed E-state index contributed by atoms with van der Waals surface area (Å²) in [7, 11) is 0. The summed E-state index contributed by atoms with van der Waals surface area (Å²) in [6, 6.07) is 8.32. The Morgan fingerprint density at radius 3 is 2.68 bits per heavy atom. The molecule has 2 aliphatic carbocycles. The zero-order valence-electron chi connectivity index (χ0n) is 12.9. The largest absolute Gasteiger partial charge is 0.457 e. The molecule has 25 heavy (non-hydrogen) atoms. The molecule has 6 heteroatoms. The molecule has 0 heterocycles. The highest BCUT2D eigenvalue weighted by Crippen LogP contribution is 2.60. The van der Waals surface area contributed by atoms with Crippen molar-refractivity contribution in [1.82, 2.24) is 0 Å². The van der Waals surface area contributed by atoms with E-state index in [0.717, 1.165) is 12.1 Å². The number of nitrogens with zero attached hydrogens (tertiary/aromatic N) is 1. The Kier molecular flexibility index (Phi) is 3.06. The fraction of sp³-hybridized carbons (Fsp3) is 0.211. The Morgan fingerprint density at radius 1 is 1.20 bits per heavy atom. The van der Waals surface area contributed by atoms with Gasteiger partial charge in [-0.25, -0.2) is 13.2 Å². The maximum atomic E-state index is 14.4. The normalized spacial score (nSPS) is 22.6. The number of halogens is 3. The second-order valence-corrected chi connectivity index (χ2v) is 6.38. The molecule has 3 nitrogen and oxygen atoms in total. The maximum Gasteiger partial charge on any atom is 0.284 e. The van der Waals surface area contributed by atoms with Gasteiger partial charge in [0.2, 0.25) is 0 Å². The standard InChI is InChI=1S/C19H12F3NO2/c1-10-7-18(24)17-14(10)2-3-16(15(17)8-19(18,21)22)25-13-5-11(9-23)4-12(20)6-13/h2-6,24H,1,7-8H2. The van der Waals surface area contributed by atoms with Crippen LogP contribution < -0.4 is 4.74 Å². The van der Waals surface area contributed by atoms with E-state index in [2.05, 4.69) is 6.58 Å². The van der Waals surface area contributed by atoms with E-state index in [1.165, 1.54) is 12.1 Å². The molecule has 0 saturated carbocycles. The van der Waals surface area contributed by atoms with Crippen LogP contribution in [0.3, 0.4) is 0 Å². The molecule has 2 aromatic rings. The van der Waals surface area contributed by atoms with Gasteiger partial charge in [-0.2, -0.15) is 5.26 Å². The van der Waals surface area contributed by atoms with Gasteiger partial charge >= 0.3 is 0 Å². The number of alkyl halides is 2. The smallest absolute Gasteiger partial charge is 0.284 e. The molecule has 0 saturated heterocycles. The van der Waals surface area contributed by atoms with Gasteiger partial charge in [-0.15, -0.1) is 0 Å². The fourth-order valence-corrected chi connectivity index (χ4v) is 3.65.